The van der Waals surface area contributed by atoms with Crippen molar-refractivity contribution in [2.45, 2.75) is 24.9 Å². The first-order valence-corrected chi connectivity index (χ1v) is 12.4. The molecule has 0 bridgehead atoms. The fourth-order valence-electron chi connectivity index (χ4n) is 2.41. The van der Waals surface area contributed by atoms with Crippen LogP contribution in [0.2, 0.25) is 0 Å². The maximum Gasteiger partial charge on any atom is 0.490 e. The number of imidazole rings is 1. The highest BCUT2D eigenvalue weighted by Gasteiger charge is 2.38. The van der Waals surface area contributed by atoms with E-state index < -0.39 is 41.9 Å². The molecule has 3 heterocycles. The lowest BCUT2D eigenvalue weighted by Crippen LogP contribution is -2.24. The second kappa shape index (κ2) is 9.64. The molecule has 31 heavy (non-hydrogen) atoms. The molecule has 9 N–H and O–H groups in total. The van der Waals surface area contributed by atoms with Gasteiger partial charge < -0.3 is 45.2 Å². The molecule has 1 aliphatic rings. The number of nitrogen functional groups attached to an aromatic ring is 1. The molecule has 0 amide bonds. The molecule has 0 saturated carbocycles. The number of nitrogens with zero attached hydrogens (tertiary/aromatic N) is 4. The summed E-state index contributed by atoms with van der Waals surface area (Å²) in [6.45, 7) is -0.221. The molecular formula is C10H18N5O13P3. The van der Waals surface area contributed by atoms with Crippen LogP contribution in [-0.4, -0.2) is 73.0 Å². The van der Waals surface area contributed by atoms with Gasteiger partial charge in [0, 0.05) is 6.42 Å². The summed E-state index contributed by atoms with van der Waals surface area (Å²) in [6.07, 6.45) is 1.60. The summed E-state index contributed by atoms with van der Waals surface area (Å²) in [5, 5.41) is 18.8. The summed E-state index contributed by atoms with van der Waals surface area (Å²) < 4.78 is 43.6. The van der Waals surface area contributed by atoms with Gasteiger partial charge in [-0.3, -0.25) is 4.57 Å². The third-order valence-corrected chi connectivity index (χ3v) is 6.85. The molecule has 2 aromatic rings. The molecule has 18 nitrogen and oxygen atoms in total. The van der Waals surface area contributed by atoms with Gasteiger partial charge in [-0.05, 0) is 0 Å². The van der Waals surface area contributed by atoms with Crippen LogP contribution in [0, 0.1) is 0 Å². The number of fused-ring (bicyclic) bond motifs is 1. The zero-order valence-electron chi connectivity index (χ0n) is 15.1. The molecule has 0 aliphatic carbocycles. The van der Waals surface area contributed by atoms with E-state index in [1.54, 1.807) is 10.9 Å². The van der Waals surface area contributed by atoms with Crippen molar-refractivity contribution in [3.63, 3.8) is 0 Å². The topological polar surface area (TPSA) is 290 Å². The van der Waals surface area contributed by atoms with Gasteiger partial charge in [0.1, 0.15) is 24.2 Å². The molecule has 0 unspecified atom stereocenters. The lowest BCUT2D eigenvalue weighted by molar-refractivity contribution is -0.0432. The first-order chi connectivity index (χ1) is 14.1. The average Bonchev–Trinajstić information content (AvgIpc) is 3.14. The average molecular weight is 509 g/mol. The van der Waals surface area contributed by atoms with Crippen LogP contribution in [0.25, 0.3) is 11.2 Å². The number of aliphatic hydroxyl groups excluding tert-OH is 2. The fraction of sp³-hybridized carbons (Fsp3) is 0.500. The number of phosphoric acid groups is 3. The van der Waals surface area contributed by atoms with Crippen molar-refractivity contribution in [1.29, 1.82) is 0 Å². The Hall–Kier alpha value is -1.36. The summed E-state index contributed by atoms with van der Waals surface area (Å²) >= 11 is 0. The van der Waals surface area contributed by atoms with Gasteiger partial charge in [-0.25, -0.2) is 28.6 Å². The Kier molecular flexibility index (Phi) is 8.05. The largest absolute Gasteiger partial charge is 0.490 e. The molecule has 1 saturated heterocycles. The van der Waals surface area contributed by atoms with Gasteiger partial charge >= 0.3 is 23.5 Å². The maximum atomic E-state index is 10.4. The van der Waals surface area contributed by atoms with Gasteiger partial charge in [-0.2, -0.15) is 8.62 Å². The maximum absolute atomic E-state index is 10.4. The highest BCUT2D eigenvalue weighted by molar-refractivity contribution is 7.66. The highest BCUT2D eigenvalue weighted by atomic mass is 31.3. The zero-order chi connectivity index (χ0) is 23.6. The van der Waals surface area contributed by atoms with Crippen LogP contribution in [0.1, 0.15) is 12.6 Å². The van der Waals surface area contributed by atoms with Crippen molar-refractivity contribution < 1.29 is 61.7 Å². The molecule has 3 atom stereocenters. The molecule has 1 fully saturated rings. The fourth-order valence-corrected chi connectivity index (χ4v) is 4.95. The van der Waals surface area contributed by atoms with Crippen molar-refractivity contribution in [3.8, 4) is 0 Å². The third-order valence-electron chi connectivity index (χ3n) is 3.50. The lowest BCUT2D eigenvalue weighted by Gasteiger charge is -2.13. The van der Waals surface area contributed by atoms with E-state index in [0.29, 0.717) is 23.4 Å². The highest BCUT2D eigenvalue weighted by Crippen LogP contribution is 2.64. The molecule has 176 valence electrons. The van der Waals surface area contributed by atoms with Crippen LogP contribution >= 0.6 is 23.5 Å². The molecular weight excluding hydrogens is 491 g/mol. The van der Waals surface area contributed by atoms with Gasteiger partial charge in [-0.15, -0.1) is 0 Å². The van der Waals surface area contributed by atoms with Crippen molar-refractivity contribution in [3.05, 3.63) is 12.7 Å². The Morgan fingerprint density at radius 2 is 1.68 bits per heavy atom. The van der Waals surface area contributed by atoms with Crippen molar-refractivity contribution >= 4 is 40.4 Å². The summed E-state index contributed by atoms with van der Waals surface area (Å²) in [5.74, 6) is 0.302. The number of rotatable bonds is 6. The first-order valence-electron chi connectivity index (χ1n) is 7.86. The summed E-state index contributed by atoms with van der Waals surface area (Å²) in [4.78, 5) is 52.3. The van der Waals surface area contributed by atoms with Gasteiger partial charge in [0.25, 0.3) is 0 Å². The Balaban J connectivity index is 0.000000235. The van der Waals surface area contributed by atoms with Gasteiger partial charge in [0.05, 0.1) is 19.0 Å². The smallest absolute Gasteiger partial charge is 0.394 e. The lowest BCUT2D eigenvalue weighted by atomic mass is 10.2. The van der Waals surface area contributed by atoms with E-state index in [1.165, 1.54) is 6.33 Å². The van der Waals surface area contributed by atoms with E-state index in [0.717, 1.165) is 0 Å². The Morgan fingerprint density at radius 1 is 1.10 bits per heavy atom. The minimum Gasteiger partial charge on any atom is -0.394 e. The van der Waals surface area contributed by atoms with Crippen molar-refractivity contribution in [2.24, 2.45) is 0 Å². The third kappa shape index (κ3) is 7.62. The zero-order valence-corrected chi connectivity index (χ0v) is 17.8. The molecule has 1 aliphatic heterocycles. The summed E-state index contributed by atoms with van der Waals surface area (Å²) in [6, 6.07) is 0. The number of nitrogens with two attached hydrogens (primary N) is 1. The van der Waals surface area contributed by atoms with Gasteiger partial charge in [0.2, 0.25) is 0 Å². The number of aliphatic hydroxyl groups is 2. The minimum atomic E-state index is -5.46. The number of hydrogen-bond acceptors (Lipinski definition) is 12. The van der Waals surface area contributed by atoms with E-state index in [-0.39, 0.29) is 6.61 Å². The van der Waals surface area contributed by atoms with Gasteiger partial charge in [-0.1, -0.05) is 0 Å². The molecule has 2 aromatic heterocycles. The van der Waals surface area contributed by atoms with Crippen LogP contribution in [0.4, 0.5) is 5.82 Å². The molecule has 3 rings (SSSR count). The van der Waals surface area contributed by atoms with Crippen LogP contribution in [0.3, 0.4) is 0 Å². The van der Waals surface area contributed by atoms with Crippen LogP contribution < -0.4 is 5.73 Å². The van der Waals surface area contributed by atoms with E-state index >= 15 is 0 Å². The van der Waals surface area contributed by atoms with Crippen molar-refractivity contribution in [1.82, 2.24) is 19.5 Å². The second-order valence-electron chi connectivity index (χ2n) is 5.81. The first kappa shape index (κ1) is 25.9. The number of hydrogen-bond donors (Lipinski definition) is 8. The van der Waals surface area contributed by atoms with E-state index in [2.05, 4.69) is 23.6 Å². The van der Waals surface area contributed by atoms with Gasteiger partial charge in [0.15, 0.2) is 11.5 Å². The quantitative estimate of drug-likeness (QED) is 0.202. The second-order valence-corrected chi connectivity index (χ2v) is 10.0. The standard InChI is InChI=1S/C10H13N5O3.H5O10P3/c11-9-8-10(13-3-12-9)15(4-14-8)7-1-5(17)6(2-16)18-7;1-11(2,3)9-13(7,8)10-12(4,5)6/h3-7,16-17H,1-2H2,(H2,11,12,13);(H,7,8)(H2,1,2,3)(H2,4,5,6)/t5-,6+,7+;/m0./s1. The van der Waals surface area contributed by atoms with E-state index in [1.807, 2.05) is 0 Å². The van der Waals surface area contributed by atoms with E-state index in [9.17, 15) is 18.8 Å². The number of aromatic nitrogens is 4. The van der Waals surface area contributed by atoms with Crippen LogP contribution in [0.5, 0.6) is 0 Å². The normalized spacial score (nSPS) is 22.4. The molecule has 0 radical (unpaired) electrons. The Labute approximate surface area is 172 Å². The number of ether oxygens (including phenoxy) is 1. The molecule has 21 heteroatoms. The molecule has 0 aromatic carbocycles. The summed E-state index contributed by atoms with van der Waals surface area (Å²) in [7, 11) is -16.2. The summed E-state index contributed by atoms with van der Waals surface area (Å²) in [5.41, 5.74) is 6.75. The van der Waals surface area contributed by atoms with E-state index in [4.69, 9.17) is 40.0 Å². The monoisotopic (exact) mass is 509 g/mol. The SMILES string of the molecule is Nc1ncnc2c1ncn2[C@H]1C[C@H](O)[C@@H](CO)O1.O=P(O)(O)OP(=O)(O)OP(=O)(O)O. The van der Waals surface area contributed by atoms with Crippen LogP contribution in [0.15, 0.2) is 12.7 Å². The van der Waals surface area contributed by atoms with Crippen molar-refractivity contribution in [2.75, 3.05) is 12.3 Å². The molecule has 0 spiro atoms. The van der Waals surface area contributed by atoms with Crippen LogP contribution in [-0.2, 0) is 27.1 Å². The Bertz CT molecular complexity index is 1020. The number of anilines is 1. The minimum absolute atomic E-state index is 0.221. The predicted molar refractivity (Wildman–Crippen MR) is 97.4 cm³/mol. The predicted octanol–water partition coefficient (Wildman–Crippen LogP) is -1.65. The Morgan fingerprint density at radius 3 is 2.16 bits per heavy atom.